The Balaban J connectivity index is 1.32. The van der Waals surface area contributed by atoms with Crippen molar-refractivity contribution in [3.63, 3.8) is 0 Å². The van der Waals surface area contributed by atoms with Gasteiger partial charge < -0.3 is 0 Å². The van der Waals surface area contributed by atoms with Crippen LogP contribution in [-0.2, 0) is 17.3 Å². The van der Waals surface area contributed by atoms with Gasteiger partial charge in [-0.1, -0.05) is 0 Å². The Kier molecular flexibility index (Phi) is 7.28. The molecule has 5 atom stereocenters. The van der Waals surface area contributed by atoms with E-state index in [1.807, 2.05) is 0 Å². The van der Waals surface area contributed by atoms with Gasteiger partial charge in [0, 0.05) is 0 Å². The van der Waals surface area contributed by atoms with Gasteiger partial charge in [0.2, 0.25) is 0 Å². The SMILES string of the molecule is C[N+]1(C2CCN(CCc3ccc(C(F)(F)F)cc3)CC2(F)F)C=NC([AsH2])c2cnn(C3CCCCO3)c21. The monoisotopic (exact) mass is 588 g/mol. The summed E-state index contributed by atoms with van der Waals surface area (Å²) in [7, 11) is 1.79. The molecular formula is C25H32AsF5N5O+. The fraction of sp³-hybridized carbons (Fsp3) is 0.600. The third-order valence-corrected chi connectivity index (χ3v) is 8.87. The van der Waals surface area contributed by atoms with Gasteiger partial charge in [0.1, 0.15) is 0 Å². The van der Waals surface area contributed by atoms with Crippen molar-refractivity contribution in [2.75, 3.05) is 33.3 Å². The summed E-state index contributed by atoms with van der Waals surface area (Å²) in [4.78, 5) is 6.19. The second-order valence-corrected chi connectivity index (χ2v) is 11.7. The Morgan fingerprint density at radius 2 is 1.92 bits per heavy atom. The van der Waals surface area contributed by atoms with Crippen LogP contribution in [0.5, 0.6) is 0 Å². The maximum atomic E-state index is 15.8. The van der Waals surface area contributed by atoms with E-state index in [-0.39, 0.29) is 22.0 Å². The average Bonchev–Trinajstić information content (AvgIpc) is 3.32. The quantitative estimate of drug-likeness (QED) is 0.300. The molecule has 4 heterocycles. The number of nitrogens with zero attached hydrogens (tertiary/aromatic N) is 5. The van der Waals surface area contributed by atoms with Gasteiger partial charge in [-0.25, -0.2) is 0 Å². The van der Waals surface area contributed by atoms with E-state index in [9.17, 15) is 13.2 Å². The minimum absolute atomic E-state index is 0.108. The topological polar surface area (TPSA) is 42.7 Å². The van der Waals surface area contributed by atoms with Gasteiger partial charge in [0.15, 0.2) is 0 Å². The molecule has 0 bridgehead atoms. The number of quaternary nitrogens is 1. The molecule has 37 heavy (non-hydrogen) atoms. The van der Waals surface area contributed by atoms with Crippen LogP contribution >= 0.6 is 0 Å². The van der Waals surface area contributed by atoms with Gasteiger partial charge in [-0.3, -0.25) is 0 Å². The standard InChI is InChI=1S/C25H32AsF5N5O/c1-36(16-32-22(26)19-14-33-35(23(19)36)21-4-2-3-13-37-21)20-10-12-34(15-24(20,27)28)11-9-17-5-7-18(8-6-17)25(29,30)31/h5-8,14,16,20-22H,2-4,9-13,15,26H2,1H3/q+1. The van der Waals surface area contributed by atoms with E-state index in [4.69, 9.17) is 4.74 Å². The fourth-order valence-corrected chi connectivity index (χ4v) is 6.43. The Hall–Kier alpha value is -1.81. The Bertz CT molecular complexity index is 1130. The van der Waals surface area contributed by atoms with Gasteiger partial charge >= 0.3 is 191 Å². The number of aromatic nitrogens is 2. The number of fused-ring (bicyclic) bond motifs is 1. The summed E-state index contributed by atoms with van der Waals surface area (Å²) >= 11 is 1.41. The Labute approximate surface area is 221 Å². The molecule has 5 rings (SSSR count). The summed E-state index contributed by atoms with van der Waals surface area (Å²) in [6.45, 7) is 1.03. The number of rotatable bonds is 5. The second-order valence-electron chi connectivity index (χ2n) is 10.3. The predicted molar refractivity (Wildman–Crippen MR) is 134 cm³/mol. The van der Waals surface area contributed by atoms with Crippen LogP contribution in [0.1, 0.15) is 53.4 Å². The van der Waals surface area contributed by atoms with Crippen LogP contribution in [0.25, 0.3) is 0 Å². The summed E-state index contributed by atoms with van der Waals surface area (Å²) in [5.41, 5.74) is 0.855. The molecule has 2 fully saturated rings. The van der Waals surface area contributed by atoms with Gasteiger partial charge in [-0.05, 0) is 12.1 Å². The number of ether oxygens (including phenoxy) is 1. The van der Waals surface area contributed by atoms with Gasteiger partial charge in [0.05, 0.1) is 5.56 Å². The molecule has 0 N–H and O–H groups in total. The fourth-order valence-electron chi connectivity index (χ4n) is 5.78. The summed E-state index contributed by atoms with van der Waals surface area (Å²) < 4.78 is 77.7. The van der Waals surface area contributed by atoms with Crippen LogP contribution in [0, 0.1) is 0 Å². The van der Waals surface area contributed by atoms with E-state index in [1.54, 1.807) is 29.2 Å². The molecule has 0 saturated carbocycles. The molecule has 0 amide bonds. The number of likely N-dealkylation sites (tertiary alicyclic amines) is 1. The molecule has 202 valence electrons. The third-order valence-electron chi connectivity index (χ3n) is 7.75. The first-order chi connectivity index (χ1) is 17.5. The van der Waals surface area contributed by atoms with Crippen molar-refractivity contribution in [2.45, 2.75) is 61.3 Å². The number of aliphatic imine (C=N–C) groups is 1. The second kappa shape index (κ2) is 10.1. The van der Waals surface area contributed by atoms with E-state index < -0.39 is 30.2 Å². The molecule has 1 aromatic carbocycles. The summed E-state index contributed by atoms with van der Waals surface area (Å²) in [5.74, 6) is -2.27. The number of alkyl halides is 5. The Morgan fingerprint density at radius 1 is 1.16 bits per heavy atom. The minimum atomic E-state index is -4.39. The molecule has 0 spiro atoms. The van der Waals surface area contributed by atoms with Crippen LogP contribution in [0.2, 0.25) is 0 Å². The van der Waals surface area contributed by atoms with E-state index in [0.29, 0.717) is 31.7 Å². The van der Waals surface area contributed by atoms with Crippen LogP contribution in [0.15, 0.2) is 35.5 Å². The van der Waals surface area contributed by atoms with Crippen molar-refractivity contribution in [1.82, 2.24) is 19.2 Å². The molecule has 5 unspecified atom stereocenters. The van der Waals surface area contributed by atoms with Crippen molar-refractivity contribution in [3.05, 3.63) is 47.2 Å². The number of halogens is 5. The molecule has 0 aliphatic carbocycles. The van der Waals surface area contributed by atoms with Gasteiger partial charge in [0.25, 0.3) is 0 Å². The van der Waals surface area contributed by atoms with E-state index in [0.717, 1.165) is 42.8 Å². The number of benzene rings is 1. The summed E-state index contributed by atoms with van der Waals surface area (Å²) in [5, 5.41) is 4.59. The van der Waals surface area contributed by atoms with Crippen molar-refractivity contribution in [1.29, 1.82) is 0 Å². The van der Waals surface area contributed by atoms with Gasteiger partial charge in [-0.15, -0.1) is 0 Å². The molecular weight excluding hydrogens is 556 g/mol. The number of hydrogen-bond acceptors (Lipinski definition) is 4. The zero-order valence-corrected chi connectivity index (χ0v) is 23.1. The van der Waals surface area contributed by atoms with Gasteiger partial charge in [-0.2, -0.15) is 13.2 Å². The van der Waals surface area contributed by atoms with E-state index in [1.165, 1.54) is 29.0 Å². The van der Waals surface area contributed by atoms with E-state index >= 15 is 8.78 Å². The zero-order valence-electron chi connectivity index (χ0n) is 20.7. The van der Waals surface area contributed by atoms with E-state index in [2.05, 4.69) is 10.1 Å². The molecule has 1 aromatic heterocycles. The third kappa shape index (κ3) is 5.24. The molecule has 2 saturated heterocycles. The molecule has 3 aliphatic rings. The van der Waals surface area contributed by atoms with Crippen LogP contribution in [-0.4, -0.2) is 83.1 Å². The van der Waals surface area contributed by atoms with Crippen molar-refractivity contribution < 1.29 is 26.7 Å². The first-order valence-corrected chi connectivity index (χ1v) is 14.0. The van der Waals surface area contributed by atoms with Crippen LogP contribution < -0.4 is 4.48 Å². The number of hydrogen-bond donors (Lipinski definition) is 0. The Morgan fingerprint density at radius 3 is 2.57 bits per heavy atom. The van der Waals surface area contributed by atoms with Crippen LogP contribution in [0.4, 0.5) is 27.8 Å². The normalized spacial score (nSPS) is 30.3. The van der Waals surface area contributed by atoms with Crippen molar-refractivity contribution in [3.8, 4) is 0 Å². The van der Waals surface area contributed by atoms with Crippen molar-refractivity contribution in [2.24, 2.45) is 4.99 Å². The molecule has 3 aliphatic heterocycles. The van der Waals surface area contributed by atoms with Crippen LogP contribution in [0.3, 0.4) is 0 Å². The molecule has 0 radical (unpaired) electrons. The van der Waals surface area contributed by atoms with Crippen molar-refractivity contribution >= 4 is 29.0 Å². The summed E-state index contributed by atoms with van der Waals surface area (Å²) in [6, 6.07) is 3.90. The maximum absolute atomic E-state index is 15.8. The first kappa shape index (κ1) is 26.8. The predicted octanol–water partition coefficient (Wildman–Crippen LogP) is 4.16. The molecule has 2 aromatic rings. The summed E-state index contributed by atoms with van der Waals surface area (Å²) in [6.07, 6.45) is 2.19. The molecule has 6 nitrogen and oxygen atoms in total. The molecule has 12 heteroatoms. The first-order valence-electron chi connectivity index (χ1n) is 12.6. The zero-order chi connectivity index (χ0) is 26.4. The number of piperidine rings is 1. The average molecular weight is 588 g/mol.